The lowest BCUT2D eigenvalue weighted by molar-refractivity contribution is -0.139. The summed E-state index contributed by atoms with van der Waals surface area (Å²) in [7, 11) is 3.24. The van der Waals surface area contributed by atoms with Gasteiger partial charge in [0.05, 0.1) is 20.3 Å². The monoisotopic (exact) mass is 558 g/mol. The molecule has 2 unspecified atom stereocenters. The molecule has 1 aromatic rings. The normalized spacial score (nSPS) is 20.7. The van der Waals surface area contributed by atoms with Crippen LogP contribution in [0, 0.1) is 11.8 Å². The van der Waals surface area contributed by atoms with Gasteiger partial charge in [0, 0.05) is 76.9 Å². The number of nitrogens with zero attached hydrogens (tertiary/aromatic N) is 3. The average Bonchev–Trinajstić information content (AvgIpc) is 3.56. The third-order valence-electron chi connectivity index (χ3n) is 8.19. The molecule has 1 aromatic carbocycles. The molecule has 1 N–H and O–H groups in total. The Morgan fingerprint density at radius 1 is 1.07 bits per heavy atom. The molecule has 4 rings (SSSR count). The largest absolute Gasteiger partial charge is 0.493 e. The maximum atomic E-state index is 13.8. The Labute approximate surface area is 238 Å². The van der Waals surface area contributed by atoms with Gasteiger partial charge in [-0.3, -0.25) is 14.4 Å². The SMILES string of the molecule is COCCCOc1cc(C(=O)N(CC2CNCC2CN(C(=O)CN2CCCC2=O)C2CC2)C(C)C)ccc1OC. The van der Waals surface area contributed by atoms with Crippen molar-refractivity contribution in [2.75, 3.05) is 66.7 Å². The predicted molar refractivity (Wildman–Crippen MR) is 152 cm³/mol. The van der Waals surface area contributed by atoms with Crippen molar-refractivity contribution in [3.05, 3.63) is 23.8 Å². The molecule has 3 aliphatic rings. The van der Waals surface area contributed by atoms with Crippen LogP contribution in [-0.4, -0.2) is 111 Å². The highest BCUT2D eigenvalue weighted by molar-refractivity contribution is 5.95. The number of methoxy groups -OCH3 is 2. The quantitative estimate of drug-likeness (QED) is 0.330. The van der Waals surface area contributed by atoms with Crippen LogP contribution >= 0.6 is 0 Å². The highest BCUT2D eigenvalue weighted by atomic mass is 16.5. The minimum absolute atomic E-state index is 0.00395. The van der Waals surface area contributed by atoms with Gasteiger partial charge < -0.3 is 34.2 Å². The van der Waals surface area contributed by atoms with Crippen LogP contribution in [0.25, 0.3) is 0 Å². The molecule has 2 atom stereocenters. The smallest absolute Gasteiger partial charge is 0.254 e. The highest BCUT2D eigenvalue weighted by Gasteiger charge is 2.39. The van der Waals surface area contributed by atoms with Crippen LogP contribution in [0.1, 0.15) is 56.3 Å². The van der Waals surface area contributed by atoms with Gasteiger partial charge in [0.2, 0.25) is 11.8 Å². The summed E-state index contributed by atoms with van der Waals surface area (Å²) in [4.78, 5) is 44.8. The zero-order chi connectivity index (χ0) is 28.6. The van der Waals surface area contributed by atoms with E-state index in [1.165, 1.54) is 0 Å². The van der Waals surface area contributed by atoms with E-state index in [9.17, 15) is 14.4 Å². The molecular formula is C30H46N4O6. The van der Waals surface area contributed by atoms with E-state index in [0.29, 0.717) is 56.3 Å². The third kappa shape index (κ3) is 7.66. The fraction of sp³-hybridized carbons (Fsp3) is 0.700. The number of amides is 3. The first-order valence-corrected chi connectivity index (χ1v) is 14.7. The Kier molecular flexibility index (Phi) is 10.7. The molecule has 0 radical (unpaired) electrons. The average molecular weight is 559 g/mol. The van der Waals surface area contributed by atoms with Gasteiger partial charge >= 0.3 is 0 Å². The Bertz CT molecular complexity index is 1030. The van der Waals surface area contributed by atoms with E-state index in [4.69, 9.17) is 14.2 Å². The molecule has 40 heavy (non-hydrogen) atoms. The Hall–Kier alpha value is -2.85. The van der Waals surface area contributed by atoms with E-state index in [1.807, 2.05) is 23.6 Å². The number of hydrogen-bond acceptors (Lipinski definition) is 7. The van der Waals surface area contributed by atoms with E-state index in [-0.39, 0.29) is 48.2 Å². The number of carbonyl (C=O) groups is 3. The minimum Gasteiger partial charge on any atom is -0.493 e. The van der Waals surface area contributed by atoms with Crippen molar-refractivity contribution in [1.82, 2.24) is 20.0 Å². The lowest BCUT2D eigenvalue weighted by Crippen LogP contribution is -2.47. The maximum Gasteiger partial charge on any atom is 0.254 e. The van der Waals surface area contributed by atoms with E-state index in [1.54, 1.807) is 37.3 Å². The molecule has 3 amide bonds. The van der Waals surface area contributed by atoms with Crippen LogP contribution in [0.3, 0.4) is 0 Å². The van der Waals surface area contributed by atoms with Gasteiger partial charge in [-0.2, -0.15) is 0 Å². The van der Waals surface area contributed by atoms with Gasteiger partial charge in [0.1, 0.15) is 0 Å². The molecule has 1 aliphatic carbocycles. The zero-order valence-corrected chi connectivity index (χ0v) is 24.5. The molecule has 1 saturated carbocycles. The van der Waals surface area contributed by atoms with Crippen LogP contribution in [-0.2, 0) is 14.3 Å². The molecule has 0 spiro atoms. The highest BCUT2D eigenvalue weighted by Crippen LogP contribution is 2.32. The maximum absolute atomic E-state index is 13.8. The van der Waals surface area contributed by atoms with Crippen molar-refractivity contribution in [2.24, 2.45) is 11.8 Å². The summed E-state index contributed by atoms with van der Waals surface area (Å²) in [6, 6.07) is 5.61. The molecule has 2 saturated heterocycles. The molecule has 222 valence electrons. The summed E-state index contributed by atoms with van der Waals surface area (Å²) in [5.41, 5.74) is 0.559. The van der Waals surface area contributed by atoms with Crippen molar-refractivity contribution in [1.29, 1.82) is 0 Å². The minimum atomic E-state index is -0.0484. The van der Waals surface area contributed by atoms with Crippen molar-refractivity contribution in [3.8, 4) is 11.5 Å². The molecule has 10 heteroatoms. The summed E-state index contributed by atoms with van der Waals surface area (Å²) in [6.45, 7) is 8.86. The first kappa shape index (κ1) is 30.1. The summed E-state index contributed by atoms with van der Waals surface area (Å²) in [5, 5.41) is 3.50. The van der Waals surface area contributed by atoms with Crippen LogP contribution in [0.2, 0.25) is 0 Å². The number of hydrogen-bond donors (Lipinski definition) is 1. The van der Waals surface area contributed by atoms with Crippen molar-refractivity contribution in [2.45, 2.75) is 58.0 Å². The van der Waals surface area contributed by atoms with Gasteiger partial charge in [-0.25, -0.2) is 0 Å². The third-order valence-corrected chi connectivity index (χ3v) is 8.19. The van der Waals surface area contributed by atoms with Gasteiger partial charge in [-0.1, -0.05) is 0 Å². The second kappa shape index (κ2) is 14.2. The predicted octanol–water partition coefficient (Wildman–Crippen LogP) is 2.41. The fourth-order valence-electron chi connectivity index (χ4n) is 5.69. The number of rotatable bonds is 15. The number of nitrogens with one attached hydrogen (secondary N) is 1. The number of likely N-dealkylation sites (tertiary alicyclic amines) is 1. The topological polar surface area (TPSA) is 101 Å². The van der Waals surface area contributed by atoms with Gasteiger partial charge in [-0.15, -0.1) is 0 Å². The van der Waals surface area contributed by atoms with Crippen LogP contribution < -0.4 is 14.8 Å². The van der Waals surface area contributed by atoms with Crippen molar-refractivity contribution < 1.29 is 28.6 Å². The standard InChI is InChI=1S/C30H46N4O6/c1-21(2)33(30(37)22-8-11-26(39-4)27(15-22)40-14-6-13-38-3)18-23-16-31-17-24(23)19-34(25-9-10-25)29(36)20-32-12-5-7-28(32)35/h8,11,15,21,23-25,31H,5-7,9-10,12-14,16-20H2,1-4H3. The van der Waals surface area contributed by atoms with Gasteiger partial charge in [0.25, 0.3) is 5.91 Å². The lowest BCUT2D eigenvalue weighted by atomic mass is 9.93. The Morgan fingerprint density at radius 3 is 2.45 bits per heavy atom. The van der Waals surface area contributed by atoms with E-state index in [0.717, 1.165) is 38.8 Å². The fourth-order valence-corrected chi connectivity index (χ4v) is 5.69. The van der Waals surface area contributed by atoms with Crippen LogP contribution in [0.5, 0.6) is 11.5 Å². The van der Waals surface area contributed by atoms with Crippen LogP contribution in [0.4, 0.5) is 0 Å². The Balaban J connectivity index is 1.42. The Morgan fingerprint density at radius 2 is 1.82 bits per heavy atom. The summed E-state index contributed by atoms with van der Waals surface area (Å²) in [5.74, 6) is 1.68. The lowest BCUT2D eigenvalue weighted by Gasteiger charge is -2.34. The molecule has 0 aromatic heterocycles. The first-order valence-electron chi connectivity index (χ1n) is 14.7. The van der Waals surface area contributed by atoms with E-state index >= 15 is 0 Å². The zero-order valence-electron chi connectivity index (χ0n) is 24.5. The molecule has 0 bridgehead atoms. The second-order valence-electron chi connectivity index (χ2n) is 11.5. The van der Waals surface area contributed by atoms with E-state index < -0.39 is 0 Å². The van der Waals surface area contributed by atoms with Crippen molar-refractivity contribution >= 4 is 17.7 Å². The van der Waals surface area contributed by atoms with Crippen molar-refractivity contribution in [3.63, 3.8) is 0 Å². The molecule has 2 aliphatic heterocycles. The number of ether oxygens (including phenoxy) is 3. The first-order chi connectivity index (χ1) is 19.3. The van der Waals surface area contributed by atoms with Gasteiger partial charge in [0.15, 0.2) is 11.5 Å². The van der Waals surface area contributed by atoms with Crippen LogP contribution in [0.15, 0.2) is 18.2 Å². The number of benzene rings is 1. The summed E-state index contributed by atoms with van der Waals surface area (Å²) < 4.78 is 16.5. The van der Waals surface area contributed by atoms with E-state index in [2.05, 4.69) is 5.32 Å². The summed E-state index contributed by atoms with van der Waals surface area (Å²) in [6.07, 6.45) is 4.16. The summed E-state index contributed by atoms with van der Waals surface area (Å²) >= 11 is 0. The molecular weight excluding hydrogens is 512 g/mol. The second-order valence-corrected chi connectivity index (χ2v) is 11.5. The molecule has 3 fully saturated rings. The van der Waals surface area contributed by atoms with Gasteiger partial charge in [-0.05, 0) is 63.1 Å². The molecule has 10 nitrogen and oxygen atoms in total. The molecule has 2 heterocycles. The number of carbonyl (C=O) groups excluding carboxylic acids is 3.